The Kier molecular flexibility index (Phi) is 5.51. The average Bonchev–Trinajstić information content (AvgIpc) is 3.22. The van der Waals surface area contributed by atoms with Crippen molar-refractivity contribution in [2.45, 2.75) is 58.5 Å². The minimum absolute atomic E-state index is 0.0619. The van der Waals surface area contributed by atoms with Crippen LogP contribution in [0.2, 0.25) is 0 Å². The fourth-order valence-corrected chi connectivity index (χ4v) is 4.35. The van der Waals surface area contributed by atoms with E-state index in [1.54, 1.807) is 0 Å². The highest BCUT2D eigenvalue weighted by Crippen LogP contribution is 2.30. The number of carbonyl (C=O) groups excluding carboxylic acids is 1. The number of aryl methyl sites for hydroxylation is 2. The zero-order valence-corrected chi connectivity index (χ0v) is 17.5. The Balaban J connectivity index is 1.41. The number of hydrogen-bond acceptors (Lipinski definition) is 3. The van der Waals surface area contributed by atoms with Gasteiger partial charge in [-0.3, -0.25) is 14.2 Å². The molecule has 1 amide bonds. The summed E-state index contributed by atoms with van der Waals surface area (Å²) in [5, 5.41) is 12.3. The summed E-state index contributed by atoms with van der Waals surface area (Å²) >= 11 is 0. The topological polar surface area (TPSA) is 64.7 Å². The van der Waals surface area contributed by atoms with Gasteiger partial charge in [0.25, 0.3) is 0 Å². The molecule has 29 heavy (non-hydrogen) atoms. The van der Waals surface area contributed by atoms with Gasteiger partial charge in [0.05, 0.1) is 24.5 Å². The number of benzene rings is 1. The summed E-state index contributed by atoms with van der Waals surface area (Å²) in [6.45, 7) is 4.84. The molecule has 0 bridgehead atoms. The SMILES string of the molecule is Cc1nn(C)c(C)c1CCC(=O)NC1CCCc2c1cnn2Cc1ccccc1. The third-order valence-electron chi connectivity index (χ3n) is 6.03. The summed E-state index contributed by atoms with van der Waals surface area (Å²) in [5.41, 5.74) is 7.01. The zero-order valence-electron chi connectivity index (χ0n) is 17.5. The van der Waals surface area contributed by atoms with Crippen LogP contribution in [0.5, 0.6) is 0 Å². The summed E-state index contributed by atoms with van der Waals surface area (Å²) in [5.74, 6) is 0.0984. The maximum atomic E-state index is 12.7. The van der Waals surface area contributed by atoms with Gasteiger partial charge in [-0.15, -0.1) is 0 Å². The molecule has 0 fully saturated rings. The highest BCUT2D eigenvalue weighted by Gasteiger charge is 2.25. The van der Waals surface area contributed by atoms with Crippen LogP contribution in [0.4, 0.5) is 0 Å². The Bertz CT molecular complexity index is 1000. The molecule has 1 aliphatic rings. The van der Waals surface area contributed by atoms with Crippen molar-refractivity contribution in [3.63, 3.8) is 0 Å². The van der Waals surface area contributed by atoms with Crippen molar-refractivity contribution in [1.82, 2.24) is 24.9 Å². The van der Waals surface area contributed by atoms with Crippen LogP contribution >= 0.6 is 0 Å². The first-order valence-corrected chi connectivity index (χ1v) is 10.4. The second-order valence-corrected chi connectivity index (χ2v) is 7.98. The van der Waals surface area contributed by atoms with Crippen molar-refractivity contribution in [1.29, 1.82) is 0 Å². The molecule has 0 aliphatic heterocycles. The fourth-order valence-electron chi connectivity index (χ4n) is 4.35. The molecule has 2 aromatic heterocycles. The van der Waals surface area contributed by atoms with E-state index < -0.39 is 0 Å². The maximum absolute atomic E-state index is 12.7. The van der Waals surface area contributed by atoms with Crippen molar-refractivity contribution in [3.05, 3.63) is 70.3 Å². The zero-order chi connectivity index (χ0) is 20.4. The van der Waals surface area contributed by atoms with E-state index in [4.69, 9.17) is 0 Å². The summed E-state index contributed by atoms with van der Waals surface area (Å²) in [6.07, 6.45) is 6.21. The van der Waals surface area contributed by atoms with E-state index in [0.717, 1.165) is 43.6 Å². The van der Waals surface area contributed by atoms with Gasteiger partial charge in [-0.2, -0.15) is 10.2 Å². The molecule has 0 saturated carbocycles. The lowest BCUT2D eigenvalue weighted by atomic mass is 9.92. The molecule has 1 aliphatic carbocycles. The summed E-state index contributed by atoms with van der Waals surface area (Å²) in [4.78, 5) is 12.7. The van der Waals surface area contributed by atoms with Crippen molar-refractivity contribution < 1.29 is 4.79 Å². The van der Waals surface area contributed by atoms with Gasteiger partial charge in [0.15, 0.2) is 0 Å². The van der Waals surface area contributed by atoms with Gasteiger partial charge in [0.1, 0.15) is 0 Å². The molecule has 3 aromatic rings. The molecule has 0 spiro atoms. The van der Waals surface area contributed by atoms with E-state index in [0.29, 0.717) is 6.42 Å². The van der Waals surface area contributed by atoms with Crippen molar-refractivity contribution in [2.75, 3.05) is 0 Å². The second kappa shape index (κ2) is 8.23. The first kappa shape index (κ1) is 19.4. The number of hydrogen-bond donors (Lipinski definition) is 1. The first-order chi connectivity index (χ1) is 14.0. The van der Waals surface area contributed by atoms with E-state index in [9.17, 15) is 4.79 Å². The maximum Gasteiger partial charge on any atom is 0.220 e. The van der Waals surface area contributed by atoms with Gasteiger partial charge < -0.3 is 5.32 Å². The number of amides is 1. The van der Waals surface area contributed by atoms with Crippen LogP contribution in [0.1, 0.15) is 59.1 Å². The first-order valence-electron chi connectivity index (χ1n) is 10.4. The molecular formula is C23H29N5O. The predicted molar refractivity (Wildman–Crippen MR) is 113 cm³/mol. The van der Waals surface area contributed by atoms with Crippen molar-refractivity contribution in [2.24, 2.45) is 7.05 Å². The van der Waals surface area contributed by atoms with Crippen molar-refractivity contribution in [3.8, 4) is 0 Å². The lowest BCUT2D eigenvalue weighted by Gasteiger charge is -2.24. The standard InChI is InChI=1S/C23H29N5O/c1-16-19(17(2)27(3)26-16)12-13-23(29)25-21-10-7-11-22-20(21)14-24-28(22)15-18-8-5-4-6-9-18/h4-6,8-9,14,21H,7,10-13,15H2,1-3H3,(H,25,29). The molecule has 1 atom stereocenters. The predicted octanol–water partition coefficient (Wildman–Crippen LogP) is 3.41. The molecule has 4 rings (SSSR count). The molecule has 1 unspecified atom stereocenters. The molecule has 1 N–H and O–H groups in total. The van der Waals surface area contributed by atoms with Gasteiger partial charge in [-0.25, -0.2) is 0 Å². The molecule has 2 heterocycles. The molecule has 0 radical (unpaired) electrons. The quantitative estimate of drug-likeness (QED) is 0.700. The van der Waals surface area contributed by atoms with Gasteiger partial charge in [0.2, 0.25) is 5.91 Å². The number of fused-ring (bicyclic) bond motifs is 1. The van der Waals surface area contributed by atoms with Crippen LogP contribution in [-0.2, 0) is 31.2 Å². The molecule has 6 heteroatoms. The molecule has 152 valence electrons. The third-order valence-corrected chi connectivity index (χ3v) is 6.03. The Hall–Kier alpha value is -2.89. The summed E-state index contributed by atoms with van der Waals surface area (Å²) in [7, 11) is 1.95. The number of aromatic nitrogens is 4. The number of rotatable bonds is 6. The number of carbonyl (C=O) groups is 1. The Morgan fingerprint density at radius 3 is 2.76 bits per heavy atom. The Morgan fingerprint density at radius 1 is 1.24 bits per heavy atom. The smallest absolute Gasteiger partial charge is 0.220 e. The van der Waals surface area contributed by atoms with E-state index in [1.165, 1.54) is 22.4 Å². The fraction of sp³-hybridized carbons (Fsp3) is 0.435. The molecule has 0 saturated heterocycles. The monoisotopic (exact) mass is 391 g/mol. The van der Waals surface area contributed by atoms with Crippen LogP contribution in [0.3, 0.4) is 0 Å². The molecule has 1 aromatic carbocycles. The molecule has 6 nitrogen and oxygen atoms in total. The lowest BCUT2D eigenvalue weighted by molar-refractivity contribution is -0.121. The van der Waals surface area contributed by atoms with E-state index >= 15 is 0 Å². The van der Waals surface area contributed by atoms with Crippen LogP contribution in [0, 0.1) is 13.8 Å². The van der Waals surface area contributed by atoms with Crippen LogP contribution in [0.25, 0.3) is 0 Å². The highest BCUT2D eigenvalue weighted by atomic mass is 16.1. The van der Waals surface area contributed by atoms with Crippen LogP contribution < -0.4 is 5.32 Å². The Labute approximate surface area is 171 Å². The van der Waals surface area contributed by atoms with E-state index in [1.807, 2.05) is 30.9 Å². The van der Waals surface area contributed by atoms with Gasteiger partial charge >= 0.3 is 0 Å². The summed E-state index contributed by atoms with van der Waals surface area (Å²) in [6, 6.07) is 10.5. The Morgan fingerprint density at radius 2 is 2.03 bits per heavy atom. The van der Waals surface area contributed by atoms with Crippen LogP contribution in [-0.4, -0.2) is 25.5 Å². The lowest BCUT2D eigenvalue weighted by Crippen LogP contribution is -2.31. The minimum atomic E-state index is 0.0619. The minimum Gasteiger partial charge on any atom is -0.349 e. The normalized spacial score (nSPS) is 15.9. The van der Waals surface area contributed by atoms with Crippen LogP contribution in [0.15, 0.2) is 36.5 Å². The van der Waals surface area contributed by atoms with E-state index in [2.05, 4.69) is 51.4 Å². The highest BCUT2D eigenvalue weighted by molar-refractivity contribution is 5.76. The van der Waals surface area contributed by atoms with Gasteiger partial charge in [-0.1, -0.05) is 30.3 Å². The van der Waals surface area contributed by atoms with Crippen molar-refractivity contribution >= 4 is 5.91 Å². The van der Waals surface area contributed by atoms with E-state index in [-0.39, 0.29) is 11.9 Å². The number of nitrogens with one attached hydrogen (secondary N) is 1. The third kappa shape index (κ3) is 4.11. The van der Waals surface area contributed by atoms with Gasteiger partial charge in [-0.05, 0) is 50.7 Å². The van der Waals surface area contributed by atoms with Gasteiger partial charge in [0, 0.05) is 30.4 Å². The number of nitrogens with zero attached hydrogens (tertiary/aromatic N) is 4. The average molecular weight is 392 g/mol. The second-order valence-electron chi connectivity index (χ2n) is 7.98. The molecular weight excluding hydrogens is 362 g/mol. The summed E-state index contributed by atoms with van der Waals surface area (Å²) < 4.78 is 3.97. The largest absolute Gasteiger partial charge is 0.349 e.